The van der Waals surface area contributed by atoms with Crippen molar-refractivity contribution in [3.05, 3.63) is 118 Å². The van der Waals surface area contributed by atoms with Gasteiger partial charge in [-0.25, -0.2) is 0 Å². The Balaban J connectivity index is 1.98. The first kappa shape index (κ1) is 16.6. The van der Waals surface area contributed by atoms with Gasteiger partial charge in [-0.2, -0.15) is 0 Å². The Labute approximate surface area is 156 Å². The maximum atomic E-state index is 2.31. The molecule has 0 N–H and O–H groups in total. The van der Waals surface area contributed by atoms with Gasteiger partial charge in [0.15, 0.2) is 0 Å². The average Bonchev–Trinajstić information content (AvgIpc) is 2.67. The summed E-state index contributed by atoms with van der Waals surface area (Å²) in [6.07, 6.45) is 0. The van der Waals surface area contributed by atoms with Crippen LogP contribution in [-0.4, -0.2) is 0 Å². The molecule has 0 bridgehead atoms. The van der Waals surface area contributed by atoms with Gasteiger partial charge in [0, 0.05) is 5.92 Å². The molecule has 4 rings (SSSR count). The predicted octanol–water partition coefficient (Wildman–Crippen LogP) is 6.95. The third kappa shape index (κ3) is 3.04. The second-order valence-electron chi connectivity index (χ2n) is 7.27. The second-order valence-corrected chi connectivity index (χ2v) is 7.27. The maximum Gasteiger partial charge on any atom is 0.0346 e. The molecular weight excluding hydrogens is 312 g/mol. The topological polar surface area (TPSA) is 0 Å². The summed E-state index contributed by atoms with van der Waals surface area (Å²) in [5.74, 6) is 0.238. The molecule has 4 aromatic carbocycles. The molecule has 4 aromatic rings. The van der Waals surface area contributed by atoms with E-state index in [4.69, 9.17) is 0 Å². The van der Waals surface area contributed by atoms with Gasteiger partial charge in [0.1, 0.15) is 0 Å². The lowest BCUT2D eigenvalue weighted by Crippen LogP contribution is -2.05. The minimum absolute atomic E-state index is 0.238. The fourth-order valence-electron chi connectivity index (χ4n) is 3.79. The monoisotopic (exact) mass is 336 g/mol. The van der Waals surface area contributed by atoms with Crippen LogP contribution < -0.4 is 0 Å². The molecular formula is C26H24. The van der Waals surface area contributed by atoms with Crippen LogP contribution in [0.4, 0.5) is 0 Å². The molecule has 0 saturated heterocycles. The quantitative estimate of drug-likeness (QED) is 0.355. The van der Waals surface area contributed by atoms with Crippen molar-refractivity contribution in [2.45, 2.75) is 26.7 Å². The Bertz CT molecular complexity index is 992. The van der Waals surface area contributed by atoms with Gasteiger partial charge < -0.3 is 0 Å². The lowest BCUT2D eigenvalue weighted by Gasteiger charge is -2.22. The molecule has 0 saturated carbocycles. The fraction of sp³-hybridized carbons (Fsp3) is 0.154. The lowest BCUT2D eigenvalue weighted by molar-refractivity contribution is 0.985. The van der Waals surface area contributed by atoms with E-state index in [-0.39, 0.29) is 5.92 Å². The van der Waals surface area contributed by atoms with Crippen molar-refractivity contribution in [3.63, 3.8) is 0 Å². The molecule has 128 valence electrons. The lowest BCUT2D eigenvalue weighted by atomic mass is 9.82. The molecule has 0 aliphatic carbocycles. The normalized spacial score (nSPS) is 11.2. The highest BCUT2D eigenvalue weighted by Gasteiger charge is 2.19. The van der Waals surface area contributed by atoms with Crippen molar-refractivity contribution in [3.8, 4) is 0 Å². The molecule has 0 heteroatoms. The number of hydrogen-bond donors (Lipinski definition) is 0. The van der Waals surface area contributed by atoms with E-state index in [2.05, 4.69) is 106 Å². The van der Waals surface area contributed by atoms with Crippen LogP contribution in [0.25, 0.3) is 10.8 Å². The van der Waals surface area contributed by atoms with E-state index < -0.39 is 0 Å². The molecule has 26 heavy (non-hydrogen) atoms. The SMILES string of the molecule is Cc1ccc(C(c2ccc(C)cc2)c2ccc(C)c3ccccc23)cc1. The number of fused-ring (bicyclic) bond motifs is 1. The summed E-state index contributed by atoms with van der Waals surface area (Å²) < 4.78 is 0. The zero-order valence-corrected chi connectivity index (χ0v) is 15.7. The molecule has 0 spiro atoms. The smallest absolute Gasteiger partial charge is 0.0346 e. The summed E-state index contributed by atoms with van der Waals surface area (Å²) in [4.78, 5) is 0. The van der Waals surface area contributed by atoms with Crippen LogP contribution in [0, 0.1) is 20.8 Å². The minimum atomic E-state index is 0.238. The van der Waals surface area contributed by atoms with E-state index in [1.54, 1.807) is 0 Å². The van der Waals surface area contributed by atoms with Crippen LogP contribution in [0.1, 0.15) is 39.3 Å². The van der Waals surface area contributed by atoms with Crippen LogP contribution in [0.2, 0.25) is 0 Å². The zero-order chi connectivity index (χ0) is 18.1. The van der Waals surface area contributed by atoms with Gasteiger partial charge in [-0.15, -0.1) is 0 Å². The van der Waals surface area contributed by atoms with E-state index >= 15 is 0 Å². The average molecular weight is 336 g/mol. The summed E-state index contributed by atoms with van der Waals surface area (Å²) in [6, 6.07) is 31.3. The fourth-order valence-corrected chi connectivity index (χ4v) is 3.79. The highest BCUT2D eigenvalue weighted by molar-refractivity contribution is 5.89. The van der Waals surface area contributed by atoms with Crippen LogP contribution in [0.3, 0.4) is 0 Å². The van der Waals surface area contributed by atoms with Crippen molar-refractivity contribution in [2.24, 2.45) is 0 Å². The Morgan fingerprint density at radius 1 is 0.500 bits per heavy atom. The molecule has 0 amide bonds. The van der Waals surface area contributed by atoms with Crippen molar-refractivity contribution < 1.29 is 0 Å². The largest absolute Gasteiger partial charge is 0.0616 e. The van der Waals surface area contributed by atoms with Gasteiger partial charge >= 0.3 is 0 Å². The maximum absolute atomic E-state index is 2.31. The van der Waals surface area contributed by atoms with Gasteiger partial charge in [-0.05, 0) is 53.8 Å². The van der Waals surface area contributed by atoms with Crippen LogP contribution >= 0.6 is 0 Å². The van der Waals surface area contributed by atoms with E-state index in [1.165, 1.54) is 44.2 Å². The molecule has 0 fully saturated rings. The molecule has 0 radical (unpaired) electrons. The van der Waals surface area contributed by atoms with Crippen LogP contribution in [-0.2, 0) is 0 Å². The number of benzene rings is 4. The molecule has 0 nitrogen and oxygen atoms in total. The molecule has 0 aromatic heterocycles. The van der Waals surface area contributed by atoms with Crippen molar-refractivity contribution in [1.82, 2.24) is 0 Å². The first-order valence-corrected chi connectivity index (χ1v) is 9.25. The third-order valence-corrected chi connectivity index (χ3v) is 5.31. The Morgan fingerprint density at radius 3 is 1.54 bits per heavy atom. The number of aryl methyl sites for hydroxylation is 3. The van der Waals surface area contributed by atoms with E-state index in [0.717, 1.165) is 0 Å². The minimum Gasteiger partial charge on any atom is -0.0616 e. The van der Waals surface area contributed by atoms with Gasteiger partial charge in [-0.1, -0.05) is 96.1 Å². The molecule has 0 aliphatic rings. The van der Waals surface area contributed by atoms with Gasteiger partial charge in [0.2, 0.25) is 0 Å². The molecule has 0 aliphatic heterocycles. The molecule has 0 heterocycles. The van der Waals surface area contributed by atoms with Crippen molar-refractivity contribution >= 4 is 10.8 Å². The van der Waals surface area contributed by atoms with Crippen molar-refractivity contribution in [1.29, 1.82) is 0 Å². The number of hydrogen-bond acceptors (Lipinski definition) is 0. The first-order valence-electron chi connectivity index (χ1n) is 9.25. The Kier molecular flexibility index (Phi) is 4.34. The molecule has 0 atom stereocenters. The second kappa shape index (κ2) is 6.80. The first-order chi connectivity index (χ1) is 12.6. The van der Waals surface area contributed by atoms with E-state index in [0.29, 0.717) is 0 Å². The Hall–Kier alpha value is -2.86. The van der Waals surface area contributed by atoms with Crippen LogP contribution in [0.5, 0.6) is 0 Å². The highest BCUT2D eigenvalue weighted by atomic mass is 14.2. The highest BCUT2D eigenvalue weighted by Crippen LogP contribution is 2.37. The summed E-state index contributed by atoms with van der Waals surface area (Å²) >= 11 is 0. The van der Waals surface area contributed by atoms with E-state index in [9.17, 15) is 0 Å². The van der Waals surface area contributed by atoms with Crippen molar-refractivity contribution in [2.75, 3.05) is 0 Å². The predicted molar refractivity (Wildman–Crippen MR) is 112 cm³/mol. The standard InChI is InChI=1S/C26H24/c1-18-8-13-21(14-9-18)26(22-15-10-19(2)11-16-22)25-17-12-20(3)23-6-4-5-7-24(23)25/h4-17,26H,1-3H3. The summed E-state index contributed by atoms with van der Waals surface area (Å²) in [7, 11) is 0. The van der Waals surface area contributed by atoms with Gasteiger partial charge in [0.25, 0.3) is 0 Å². The zero-order valence-electron chi connectivity index (χ0n) is 15.7. The Morgan fingerprint density at radius 2 is 1.00 bits per heavy atom. The number of rotatable bonds is 3. The summed E-state index contributed by atoms with van der Waals surface area (Å²) in [5, 5.41) is 2.69. The van der Waals surface area contributed by atoms with Gasteiger partial charge in [0.05, 0.1) is 0 Å². The van der Waals surface area contributed by atoms with Crippen LogP contribution in [0.15, 0.2) is 84.9 Å². The van der Waals surface area contributed by atoms with E-state index in [1.807, 2.05) is 0 Å². The summed E-state index contributed by atoms with van der Waals surface area (Å²) in [6.45, 7) is 6.48. The summed E-state index contributed by atoms with van der Waals surface area (Å²) in [5.41, 5.74) is 7.98. The van der Waals surface area contributed by atoms with Gasteiger partial charge in [-0.3, -0.25) is 0 Å². The molecule has 0 unspecified atom stereocenters. The third-order valence-electron chi connectivity index (χ3n) is 5.31.